The minimum Gasteiger partial charge on any atom is -0.338 e. The average Bonchev–Trinajstić information content (AvgIpc) is 3.30. The molecule has 0 aliphatic heterocycles. The maximum atomic E-state index is 2.81. The lowest BCUT2D eigenvalue weighted by atomic mass is 9.52. The highest BCUT2D eigenvalue weighted by molar-refractivity contribution is 6.18. The summed E-state index contributed by atoms with van der Waals surface area (Å²) in [7, 11) is 5.16. The van der Waals surface area contributed by atoms with Gasteiger partial charge in [-0.25, -0.2) is 0 Å². The Hall–Kier alpha value is -3.19. The first kappa shape index (κ1) is 34.3. The van der Waals surface area contributed by atoms with Gasteiger partial charge in [0.25, 0.3) is 0 Å². The first-order chi connectivity index (χ1) is 23.1. The summed E-state index contributed by atoms with van der Waals surface area (Å²) in [6, 6.07) is 33.3. The quantitative estimate of drug-likeness (QED) is 0.188. The fourth-order valence-corrected chi connectivity index (χ4v) is 9.71. The van der Waals surface area contributed by atoms with Gasteiger partial charge < -0.3 is 4.90 Å². The Morgan fingerprint density at radius 2 is 1.02 bits per heavy atom. The van der Waals surface area contributed by atoms with Crippen LogP contribution in [0.5, 0.6) is 0 Å². The molecule has 0 bridgehead atoms. The summed E-state index contributed by atoms with van der Waals surface area (Å²) in [5.74, 6) is 0. The Morgan fingerprint density at radius 1 is 0.510 bits per heavy atom. The lowest BCUT2D eigenvalue weighted by Gasteiger charge is -2.47. The number of benzene rings is 4. The molecule has 4 aromatic carbocycles. The van der Waals surface area contributed by atoms with Crippen molar-refractivity contribution in [2.45, 2.75) is 129 Å². The Labute approximate surface area is 300 Å². The Kier molecular flexibility index (Phi) is 8.36. The number of rotatable bonds is 6. The molecule has 0 radical (unpaired) electrons. The summed E-state index contributed by atoms with van der Waals surface area (Å²) in [6.45, 7) is 19.6. The first-order valence-corrected chi connectivity index (χ1v) is 19.3. The molecule has 0 N–H and O–H groups in total. The normalized spacial score (nSPS) is 21.2. The van der Waals surface area contributed by atoms with Crippen LogP contribution in [0.2, 0.25) is 0 Å². The lowest BCUT2D eigenvalue weighted by Crippen LogP contribution is -2.40. The van der Waals surface area contributed by atoms with Gasteiger partial charge in [-0.15, -0.1) is 0 Å². The van der Waals surface area contributed by atoms with Crippen molar-refractivity contribution in [3.05, 3.63) is 107 Å². The van der Waals surface area contributed by atoms with E-state index in [1.54, 1.807) is 5.56 Å². The van der Waals surface area contributed by atoms with Crippen LogP contribution in [-0.2, 0) is 16.0 Å². The molecule has 0 unspecified atom stereocenters. The van der Waals surface area contributed by atoms with Crippen molar-refractivity contribution in [2.75, 3.05) is 4.90 Å². The Bertz CT molecular complexity index is 1840. The third-order valence-corrected chi connectivity index (χ3v) is 13.6. The predicted octanol–water partition coefficient (Wildman–Crippen LogP) is 11.1. The van der Waals surface area contributed by atoms with E-state index < -0.39 is 0 Å². The average molecular weight is 648 g/mol. The van der Waals surface area contributed by atoms with Crippen LogP contribution in [0.15, 0.2) is 84.9 Å². The summed E-state index contributed by atoms with van der Waals surface area (Å²) in [5.41, 5.74) is 15.2. The molecule has 0 saturated heterocycles. The van der Waals surface area contributed by atoms with Crippen LogP contribution in [0.3, 0.4) is 0 Å². The molecule has 3 aliphatic rings. The van der Waals surface area contributed by atoms with E-state index in [1.807, 2.05) is 0 Å². The van der Waals surface area contributed by atoms with Crippen LogP contribution in [0.4, 0.5) is 11.4 Å². The molecule has 0 heterocycles. The number of fused-ring (bicyclic) bond motifs is 3. The molecule has 254 valence electrons. The van der Waals surface area contributed by atoms with Gasteiger partial charge >= 0.3 is 0 Å². The summed E-state index contributed by atoms with van der Waals surface area (Å²) >= 11 is 0. The van der Waals surface area contributed by atoms with Crippen molar-refractivity contribution in [3.8, 4) is 22.3 Å². The molecule has 1 nitrogen and oxygen atoms in total. The second-order valence-electron chi connectivity index (χ2n) is 19.1. The zero-order valence-electron chi connectivity index (χ0n) is 32.3. The first-order valence-electron chi connectivity index (χ1n) is 19.3. The second-order valence-corrected chi connectivity index (χ2v) is 19.1. The summed E-state index contributed by atoms with van der Waals surface area (Å²) in [4.78, 5) is 2.81. The molecule has 0 aromatic heterocycles. The zero-order chi connectivity index (χ0) is 35.0. The van der Waals surface area contributed by atoms with E-state index in [1.165, 1.54) is 102 Å². The number of para-hydroxylation sites is 1. The third kappa shape index (κ3) is 5.92. The molecule has 0 atom stereocenters. The van der Waals surface area contributed by atoms with Gasteiger partial charge in [-0.2, -0.15) is 0 Å². The van der Waals surface area contributed by atoms with E-state index in [2.05, 4.69) is 161 Å². The van der Waals surface area contributed by atoms with E-state index in [0.29, 0.717) is 10.8 Å². The van der Waals surface area contributed by atoms with Gasteiger partial charge in [0.2, 0.25) is 0 Å². The minimum atomic E-state index is -0.0555. The number of anilines is 2. The van der Waals surface area contributed by atoms with Crippen LogP contribution in [0.25, 0.3) is 22.3 Å². The van der Waals surface area contributed by atoms with Crippen molar-refractivity contribution in [1.82, 2.24) is 0 Å². The van der Waals surface area contributed by atoms with E-state index >= 15 is 0 Å². The molecular formula is C46H59B2N. The van der Waals surface area contributed by atoms with Crippen molar-refractivity contribution >= 4 is 27.1 Å². The standard InChI is InChI=1S/C46H59B2N/c1-31(2)49(41-33(32-15-10-9-11-16-32)18-14-20-37(41)45(47)25-21-42(3,4)22-26-45)40-30-38-35(34-17-12-13-19-36(34)44(38,7)8)29-39(40)46(48)27-23-43(5,6)24-28-46/h9-20,29-31H,21-28,47-48H2,1-8H3. The molecule has 2 fully saturated rings. The Morgan fingerprint density at radius 3 is 1.61 bits per heavy atom. The fourth-order valence-electron chi connectivity index (χ4n) is 9.71. The van der Waals surface area contributed by atoms with Crippen LogP contribution in [0.1, 0.15) is 129 Å². The molecule has 4 aromatic rings. The molecule has 3 aliphatic carbocycles. The summed E-state index contributed by atoms with van der Waals surface area (Å²) in [6.07, 6.45) is 9.97. The van der Waals surface area contributed by atoms with E-state index in [9.17, 15) is 0 Å². The maximum Gasteiger partial charge on any atom is 0.115 e. The van der Waals surface area contributed by atoms with Crippen LogP contribution in [0, 0.1) is 10.8 Å². The van der Waals surface area contributed by atoms with Crippen LogP contribution in [-0.4, -0.2) is 21.7 Å². The number of hydrogen-bond acceptors (Lipinski definition) is 1. The Balaban J connectivity index is 1.52. The van der Waals surface area contributed by atoms with Gasteiger partial charge in [0.15, 0.2) is 0 Å². The van der Waals surface area contributed by atoms with E-state index in [0.717, 1.165) is 0 Å². The monoisotopic (exact) mass is 647 g/mol. The van der Waals surface area contributed by atoms with Crippen molar-refractivity contribution < 1.29 is 0 Å². The highest BCUT2D eigenvalue weighted by atomic mass is 15.2. The molecule has 0 spiro atoms. The van der Waals surface area contributed by atoms with Gasteiger partial charge in [-0.05, 0) is 112 Å². The van der Waals surface area contributed by atoms with Crippen LogP contribution < -0.4 is 4.90 Å². The smallest absolute Gasteiger partial charge is 0.115 e. The van der Waals surface area contributed by atoms with Crippen molar-refractivity contribution in [3.63, 3.8) is 0 Å². The van der Waals surface area contributed by atoms with Gasteiger partial charge in [0.1, 0.15) is 15.7 Å². The molecule has 49 heavy (non-hydrogen) atoms. The van der Waals surface area contributed by atoms with Gasteiger partial charge in [0.05, 0.1) is 5.69 Å². The maximum absolute atomic E-state index is 2.81. The minimum absolute atomic E-state index is 0.0555. The lowest BCUT2D eigenvalue weighted by molar-refractivity contribution is 0.206. The molecule has 0 amide bonds. The molecular weight excluding hydrogens is 588 g/mol. The van der Waals surface area contributed by atoms with E-state index in [4.69, 9.17) is 0 Å². The highest BCUT2D eigenvalue weighted by Gasteiger charge is 2.44. The molecule has 2 saturated carbocycles. The fraction of sp³-hybridized carbons (Fsp3) is 0.478. The highest BCUT2D eigenvalue weighted by Crippen LogP contribution is 2.57. The number of hydrogen-bond donors (Lipinski definition) is 0. The van der Waals surface area contributed by atoms with Crippen molar-refractivity contribution in [1.29, 1.82) is 0 Å². The van der Waals surface area contributed by atoms with Crippen LogP contribution >= 0.6 is 0 Å². The predicted molar refractivity (Wildman–Crippen MR) is 218 cm³/mol. The number of nitrogens with zero attached hydrogens (tertiary/aromatic N) is 1. The van der Waals surface area contributed by atoms with Gasteiger partial charge in [0, 0.05) is 22.7 Å². The second kappa shape index (κ2) is 12.0. The van der Waals surface area contributed by atoms with Gasteiger partial charge in [-0.3, -0.25) is 0 Å². The SMILES string of the molecule is BC1(c2cc3c(cc2N(c2c(-c4ccccc4)cccc2C2(B)CCC(C)(C)CC2)C(C)C)C(C)(C)c2ccccc2-3)CCC(C)(C)CC1. The summed E-state index contributed by atoms with van der Waals surface area (Å²) < 4.78 is 0. The third-order valence-electron chi connectivity index (χ3n) is 13.6. The zero-order valence-corrected chi connectivity index (χ0v) is 32.3. The van der Waals surface area contributed by atoms with Crippen molar-refractivity contribution in [2.24, 2.45) is 10.8 Å². The topological polar surface area (TPSA) is 3.24 Å². The largest absolute Gasteiger partial charge is 0.338 e. The summed E-state index contributed by atoms with van der Waals surface area (Å²) in [5, 5.41) is 0.225. The van der Waals surface area contributed by atoms with Gasteiger partial charge in [-0.1, -0.05) is 140 Å². The van der Waals surface area contributed by atoms with E-state index in [-0.39, 0.29) is 22.1 Å². The molecule has 7 rings (SSSR count). The molecule has 3 heteroatoms.